The van der Waals surface area contributed by atoms with Crippen LogP contribution in [0.15, 0.2) is 11.4 Å². The van der Waals surface area contributed by atoms with Crippen LogP contribution in [0.4, 0.5) is 0 Å². The Morgan fingerprint density at radius 2 is 2.12 bits per heavy atom. The van der Waals surface area contributed by atoms with E-state index in [9.17, 15) is 0 Å². The molecule has 0 aromatic carbocycles. The Labute approximate surface area is 109 Å². The number of nitrogens with one attached hydrogen (secondary N) is 1. The Balaban J connectivity index is 2.67. The van der Waals surface area contributed by atoms with E-state index in [0.717, 1.165) is 26.0 Å². The van der Waals surface area contributed by atoms with Gasteiger partial charge in [0.05, 0.1) is 18.8 Å². The van der Waals surface area contributed by atoms with Crippen LogP contribution in [0.5, 0.6) is 0 Å². The van der Waals surface area contributed by atoms with Gasteiger partial charge in [0.25, 0.3) is 0 Å². The monoisotopic (exact) mass is 255 g/mol. The molecule has 1 atom stereocenters. The van der Waals surface area contributed by atoms with Gasteiger partial charge in [-0.1, -0.05) is 13.8 Å². The van der Waals surface area contributed by atoms with Crippen molar-refractivity contribution in [3.63, 3.8) is 0 Å². The predicted octanol–water partition coefficient (Wildman–Crippen LogP) is 3.78. The minimum Gasteiger partial charge on any atom is -0.377 e. The second-order valence-electron chi connectivity index (χ2n) is 4.55. The maximum Gasteiger partial charge on any atom is 0.0673 e. The van der Waals surface area contributed by atoms with Crippen molar-refractivity contribution >= 4 is 11.3 Å². The smallest absolute Gasteiger partial charge is 0.0673 e. The highest BCUT2D eigenvalue weighted by Crippen LogP contribution is 2.25. The number of hydrogen-bond acceptors (Lipinski definition) is 3. The van der Waals surface area contributed by atoms with E-state index in [4.69, 9.17) is 4.74 Å². The van der Waals surface area contributed by atoms with E-state index in [0.29, 0.717) is 12.1 Å². The van der Waals surface area contributed by atoms with Gasteiger partial charge >= 0.3 is 0 Å². The van der Waals surface area contributed by atoms with Crippen molar-refractivity contribution in [1.29, 1.82) is 0 Å². The number of hydrogen-bond donors (Lipinski definition) is 1. The molecule has 1 unspecified atom stereocenters. The molecule has 98 valence electrons. The molecule has 3 heteroatoms. The third kappa shape index (κ3) is 4.78. The summed E-state index contributed by atoms with van der Waals surface area (Å²) < 4.78 is 5.77. The van der Waals surface area contributed by atoms with E-state index in [-0.39, 0.29) is 0 Å². The topological polar surface area (TPSA) is 21.3 Å². The summed E-state index contributed by atoms with van der Waals surface area (Å²) in [5, 5.41) is 5.77. The summed E-state index contributed by atoms with van der Waals surface area (Å²) in [6.07, 6.45) is 2.56. The van der Waals surface area contributed by atoms with Crippen LogP contribution in [0.2, 0.25) is 0 Å². The molecular weight excluding hydrogens is 230 g/mol. The Kier molecular flexibility index (Phi) is 6.78. The average Bonchev–Trinajstić information content (AvgIpc) is 2.77. The van der Waals surface area contributed by atoms with Crippen LogP contribution in [-0.2, 0) is 11.2 Å². The first-order valence-electron chi connectivity index (χ1n) is 6.60. The van der Waals surface area contributed by atoms with Gasteiger partial charge in [-0.05, 0) is 50.2 Å². The lowest BCUT2D eigenvalue weighted by atomic mass is 10.1. The fourth-order valence-electron chi connectivity index (χ4n) is 1.78. The minimum absolute atomic E-state index is 0.297. The predicted molar refractivity (Wildman–Crippen MR) is 75.8 cm³/mol. The van der Waals surface area contributed by atoms with Crippen molar-refractivity contribution in [2.24, 2.45) is 0 Å². The van der Waals surface area contributed by atoms with E-state index in [1.807, 2.05) is 11.3 Å². The maximum atomic E-state index is 5.77. The molecule has 0 saturated heterocycles. The first-order valence-corrected chi connectivity index (χ1v) is 7.48. The van der Waals surface area contributed by atoms with Crippen LogP contribution >= 0.6 is 11.3 Å². The molecule has 0 radical (unpaired) electrons. The molecular formula is C14H25NOS. The Hall–Kier alpha value is -0.380. The number of thiophene rings is 1. The highest BCUT2D eigenvalue weighted by atomic mass is 32.1. The molecule has 0 spiro atoms. The van der Waals surface area contributed by atoms with Crippen molar-refractivity contribution in [3.05, 3.63) is 21.9 Å². The van der Waals surface area contributed by atoms with Crippen LogP contribution in [0, 0.1) is 0 Å². The summed E-state index contributed by atoms with van der Waals surface area (Å²) in [5.41, 5.74) is 1.45. The zero-order valence-electron chi connectivity index (χ0n) is 11.5. The first kappa shape index (κ1) is 14.7. The van der Waals surface area contributed by atoms with Gasteiger partial charge in [0.1, 0.15) is 0 Å². The van der Waals surface area contributed by atoms with Crippen LogP contribution < -0.4 is 5.32 Å². The van der Waals surface area contributed by atoms with Crippen LogP contribution in [0.1, 0.15) is 50.6 Å². The average molecular weight is 255 g/mol. The third-order valence-electron chi connectivity index (χ3n) is 2.72. The Morgan fingerprint density at radius 3 is 2.71 bits per heavy atom. The molecule has 1 aromatic heterocycles. The molecule has 1 rings (SSSR count). The molecule has 0 amide bonds. The van der Waals surface area contributed by atoms with Gasteiger partial charge in [0.15, 0.2) is 0 Å². The standard InChI is InChI=1S/C14H25NOS/c1-5-8-15-13(10-16-11(3)4)14-12(6-2)7-9-17-14/h7,9,11,13,15H,5-6,8,10H2,1-4H3. The van der Waals surface area contributed by atoms with E-state index >= 15 is 0 Å². The van der Waals surface area contributed by atoms with Crippen molar-refractivity contribution in [2.75, 3.05) is 13.2 Å². The quantitative estimate of drug-likeness (QED) is 0.763. The van der Waals surface area contributed by atoms with Crippen molar-refractivity contribution < 1.29 is 4.74 Å². The Bertz CT molecular complexity index is 309. The molecule has 0 saturated carbocycles. The molecule has 0 aliphatic carbocycles. The number of ether oxygens (including phenoxy) is 1. The molecule has 0 aliphatic heterocycles. The summed E-state index contributed by atoms with van der Waals surface area (Å²) in [4.78, 5) is 1.45. The van der Waals surface area contributed by atoms with Gasteiger partial charge < -0.3 is 10.1 Å². The molecule has 1 aromatic rings. The fourth-order valence-corrected chi connectivity index (χ4v) is 2.84. The second-order valence-corrected chi connectivity index (χ2v) is 5.50. The summed E-state index contributed by atoms with van der Waals surface area (Å²) in [6, 6.07) is 2.59. The van der Waals surface area contributed by atoms with Crippen LogP contribution in [0.25, 0.3) is 0 Å². The molecule has 17 heavy (non-hydrogen) atoms. The summed E-state index contributed by atoms with van der Waals surface area (Å²) >= 11 is 1.84. The first-order chi connectivity index (χ1) is 8.19. The minimum atomic E-state index is 0.297. The number of rotatable bonds is 8. The summed E-state index contributed by atoms with van der Waals surface area (Å²) in [7, 11) is 0. The van der Waals surface area contributed by atoms with Gasteiger partial charge in [0, 0.05) is 4.88 Å². The van der Waals surface area contributed by atoms with Crippen molar-refractivity contribution in [3.8, 4) is 0 Å². The second kappa shape index (κ2) is 7.85. The van der Waals surface area contributed by atoms with Gasteiger partial charge in [-0.25, -0.2) is 0 Å². The normalized spacial score (nSPS) is 13.2. The van der Waals surface area contributed by atoms with E-state index < -0.39 is 0 Å². The lowest BCUT2D eigenvalue weighted by Crippen LogP contribution is -2.27. The zero-order valence-corrected chi connectivity index (χ0v) is 12.3. The number of aryl methyl sites for hydroxylation is 1. The fraction of sp³-hybridized carbons (Fsp3) is 0.714. The summed E-state index contributed by atoms with van der Waals surface area (Å²) in [6.45, 7) is 10.4. The van der Waals surface area contributed by atoms with E-state index in [1.165, 1.54) is 10.4 Å². The SMILES string of the molecule is CCCNC(COC(C)C)c1sccc1CC. The highest BCUT2D eigenvalue weighted by Gasteiger charge is 2.16. The largest absolute Gasteiger partial charge is 0.377 e. The molecule has 0 fully saturated rings. The maximum absolute atomic E-state index is 5.77. The lowest BCUT2D eigenvalue weighted by molar-refractivity contribution is 0.0616. The molecule has 0 bridgehead atoms. The molecule has 1 heterocycles. The van der Waals surface area contributed by atoms with E-state index in [2.05, 4.69) is 44.5 Å². The highest BCUT2D eigenvalue weighted by molar-refractivity contribution is 7.10. The molecule has 1 N–H and O–H groups in total. The van der Waals surface area contributed by atoms with Gasteiger partial charge in [-0.3, -0.25) is 0 Å². The van der Waals surface area contributed by atoms with Crippen molar-refractivity contribution in [2.45, 2.75) is 52.7 Å². The molecule has 2 nitrogen and oxygen atoms in total. The van der Waals surface area contributed by atoms with Crippen LogP contribution in [0.3, 0.4) is 0 Å². The van der Waals surface area contributed by atoms with Crippen LogP contribution in [-0.4, -0.2) is 19.3 Å². The molecule has 0 aliphatic rings. The summed E-state index contributed by atoms with van der Waals surface area (Å²) in [5.74, 6) is 0. The zero-order chi connectivity index (χ0) is 12.7. The van der Waals surface area contributed by atoms with Gasteiger partial charge in [0.2, 0.25) is 0 Å². The third-order valence-corrected chi connectivity index (χ3v) is 3.79. The van der Waals surface area contributed by atoms with Gasteiger partial charge in [-0.2, -0.15) is 0 Å². The van der Waals surface area contributed by atoms with Gasteiger partial charge in [-0.15, -0.1) is 11.3 Å². The Morgan fingerprint density at radius 1 is 1.35 bits per heavy atom. The van der Waals surface area contributed by atoms with E-state index in [1.54, 1.807) is 0 Å². The lowest BCUT2D eigenvalue weighted by Gasteiger charge is -2.20. The van der Waals surface area contributed by atoms with Crippen molar-refractivity contribution in [1.82, 2.24) is 5.32 Å².